The Morgan fingerprint density at radius 3 is 3.07 bits per heavy atom. The molecule has 1 aliphatic heterocycles. The summed E-state index contributed by atoms with van der Waals surface area (Å²) in [5, 5.41) is 3.73. The average molecular weight is 411 g/mol. The maximum absolute atomic E-state index is 12.5. The minimum atomic E-state index is -0.160. The minimum absolute atomic E-state index is 0.0847. The van der Waals surface area contributed by atoms with Crippen molar-refractivity contribution in [1.82, 2.24) is 15.3 Å². The molecule has 1 unspecified atom stereocenters. The van der Waals surface area contributed by atoms with Gasteiger partial charge >= 0.3 is 0 Å². The fraction of sp³-hybridized carbons (Fsp3) is 0.381. The van der Waals surface area contributed by atoms with Gasteiger partial charge in [0.2, 0.25) is 12.7 Å². The van der Waals surface area contributed by atoms with Crippen LogP contribution in [0.5, 0.6) is 11.5 Å². The number of rotatable bonds is 5. The molecule has 7 nitrogen and oxygen atoms in total. The van der Waals surface area contributed by atoms with Gasteiger partial charge in [-0.25, -0.2) is 4.98 Å². The number of aromatic nitrogens is 2. The van der Waals surface area contributed by atoms with Gasteiger partial charge in [0.15, 0.2) is 11.5 Å². The Hall–Kier alpha value is -2.87. The van der Waals surface area contributed by atoms with Crippen LogP contribution in [0, 0.1) is 0 Å². The first kappa shape index (κ1) is 18.2. The number of thiophene rings is 1. The van der Waals surface area contributed by atoms with Crippen LogP contribution in [-0.2, 0) is 24.1 Å². The van der Waals surface area contributed by atoms with E-state index in [4.69, 9.17) is 9.47 Å². The van der Waals surface area contributed by atoms with Crippen molar-refractivity contribution in [2.75, 3.05) is 6.79 Å². The van der Waals surface area contributed by atoms with Crippen molar-refractivity contribution in [3.8, 4) is 11.5 Å². The maximum Gasteiger partial charge on any atom is 0.259 e. The molecule has 29 heavy (non-hydrogen) atoms. The first-order chi connectivity index (χ1) is 14.1. The summed E-state index contributed by atoms with van der Waals surface area (Å²) in [6.07, 6.45) is 3.76. The molecule has 0 saturated carbocycles. The van der Waals surface area contributed by atoms with Gasteiger partial charge in [0, 0.05) is 17.7 Å². The number of fused-ring (bicyclic) bond motifs is 4. The molecular weight excluding hydrogens is 390 g/mol. The molecule has 1 aliphatic carbocycles. The standard InChI is InChI=1S/C21H21N3O4S/c1-11(12-5-6-14-15(9-12)28-10-27-14)22-18(25)8-7-17-23-20(26)19-13-3-2-4-16(13)29-21(19)24-17/h5-6,9,11H,2-4,7-8,10H2,1H3,(H,22,25)(H,23,24,26). The van der Waals surface area contributed by atoms with Crippen LogP contribution in [0.3, 0.4) is 0 Å². The zero-order valence-electron chi connectivity index (χ0n) is 16.0. The van der Waals surface area contributed by atoms with Crippen molar-refractivity contribution < 1.29 is 14.3 Å². The van der Waals surface area contributed by atoms with E-state index in [9.17, 15) is 9.59 Å². The van der Waals surface area contributed by atoms with Crippen molar-refractivity contribution in [3.05, 3.63) is 50.4 Å². The topological polar surface area (TPSA) is 93.3 Å². The molecule has 0 radical (unpaired) electrons. The van der Waals surface area contributed by atoms with Crippen LogP contribution >= 0.6 is 11.3 Å². The number of aryl methyl sites for hydroxylation is 3. The van der Waals surface area contributed by atoms with Crippen LogP contribution in [0.15, 0.2) is 23.0 Å². The highest BCUT2D eigenvalue weighted by Gasteiger charge is 2.21. The fourth-order valence-corrected chi connectivity index (χ4v) is 5.26. The average Bonchev–Trinajstić information content (AvgIpc) is 3.40. The Morgan fingerprint density at radius 2 is 2.17 bits per heavy atom. The summed E-state index contributed by atoms with van der Waals surface area (Å²) < 4.78 is 10.7. The Morgan fingerprint density at radius 1 is 1.31 bits per heavy atom. The van der Waals surface area contributed by atoms with E-state index in [-0.39, 0.29) is 30.7 Å². The molecule has 0 fully saturated rings. The van der Waals surface area contributed by atoms with E-state index in [2.05, 4.69) is 15.3 Å². The van der Waals surface area contributed by atoms with Crippen molar-refractivity contribution in [1.29, 1.82) is 0 Å². The van der Waals surface area contributed by atoms with E-state index in [0.717, 1.165) is 40.8 Å². The van der Waals surface area contributed by atoms with Gasteiger partial charge in [-0.05, 0) is 49.4 Å². The van der Waals surface area contributed by atoms with Crippen LogP contribution < -0.4 is 20.3 Å². The largest absolute Gasteiger partial charge is 0.454 e. The summed E-state index contributed by atoms with van der Waals surface area (Å²) in [4.78, 5) is 34.5. The van der Waals surface area contributed by atoms with Crippen molar-refractivity contribution >= 4 is 27.5 Å². The summed E-state index contributed by atoms with van der Waals surface area (Å²) in [6, 6.07) is 5.49. The third kappa shape index (κ3) is 3.37. The van der Waals surface area contributed by atoms with Gasteiger partial charge in [0.1, 0.15) is 10.7 Å². The zero-order chi connectivity index (χ0) is 20.0. The number of hydrogen-bond donors (Lipinski definition) is 2. The molecule has 0 spiro atoms. The van der Waals surface area contributed by atoms with E-state index in [1.54, 1.807) is 11.3 Å². The quantitative estimate of drug-likeness (QED) is 0.673. The highest BCUT2D eigenvalue weighted by Crippen LogP contribution is 2.35. The molecule has 8 heteroatoms. The smallest absolute Gasteiger partial charge is 0.259 e. The van der Waals surface area contributed by atoms with Crippen LogP contribution in [0.4, 0.5) is 0 Å². The normalized spacial score (nSPS) is 15.5. The highest BCUT2D eigenvalue weighted by atomic mass is 32.1. The van der Waals surface area contributed by atoms with E-state index < -0.39 is 0 Å². The Kier molecular flexibility index (Phi) is 4.50. The van der Waals surface area contributed by atoms with Gasteiger partial charge in [-0.3, -0.25) is 9.59 Å². The molecule has 3 heterocycles. The lowest BCUT2D eigenvalue weighted by Gasteiger charge is -2.14. The second-order valence-electron chi connectivity index (χ2n) is 7.45. The predicted octanol–water partition coefficient (Wildman–Crippen LogP) is 3.01. The molecule has 0 saturated heterocycles. The number of H-pyrrole nitrogens is 1. The number of ether oxygens (including phenoxy) is 2. The number of carbonyl (C=O) groups excluding carboxylic acids is 1. The second-order valence-corrected chi connectivity index (χ2v) is 8.54. The highest BCUT2D eigenvalue weighted by molar-refractivity contribution is 7.18. The molecule has 2 N–H and O–H groups in total. The lowest BCUT2D eigenvalue weighted by Crippen LogP contribution is -2.27. The molecule has 2 aromatic heterocycles. The monoisotopic (exact) mass is 411 g/mol. The molecular formula is C21H21N3O4S. The van der Waals surface area contributed by atoms with Crippen LogP contribution in [0.25, 0.3) is 10.2 Å². The Labute approximate surface area is 171 Å². The molecule has 150 valence electrons. The summed E-state index contributed by atoms with van der Waals surface area (Å²) in [6.45, 7) is 2.15. The van der Waals surface area contributed by atoms with E-state index in [1.807, 2.05) is 25.1 Å². The number of amides is 1. The summed E-state index contributed by atoms with van der Waals surface area (Å²) in [7, 11) is 0. The number of aromatic amines is 1. The number of nitrogens with zero attached hydrogens (tertiary/aromatic N) is 1. The minimum Gasteiger partial charge on any atom is -0.454 e. The second kappa shape index (κ2) is 7.18. The van der Waals surface area contributed by atoms with Crippen LogP contribution in [0.1, 0.15) is 47.6 Å². The van der Waals surface area contributed by atoms with Crippen molar-refractivity contribution in [3.63, 3.8) is 0 Å². The van der Waals surface area contributed by atoms with Crippen LogP contribution in [-0.4, -0.2) is 22.7 Å². The molecule has 3 aromatic rings. The summed E-state index contributed by atoms with van der Waals surface area (Å²) >= 11 is 1.61. The SMILES string of the molecule is CC(NC(=O)CCc1nc2sc3c(c2c(=O)[nH]1)CCC3)c1ccc2c(c1)OCO2. The van der Waals surface area contributed by atoms with Crippen LogP contribution in [0.2, 0.25) is 0 Å². The molecule has 1 atom stereocenters. The molecule has 2 aliphatic rings. The third-order valence-electron chi connectivity index (χ3n) is 5.49. The summed E-state index contributed by atoms with van der Waals surface area (Å²) in [5.41, 5.74) is 2.03. The Balaban J connectivity index is 1.24. The first-order valence-corrected chi connectivity index (χ1v) is 10.6. The van der Waals surface area contributed by atoms with Gasteiger partial charge < -0.3 is 19.8 Å². The first-order valence-electron chi connectivity index (χ1n) is 9.81. The number of hydrogen-bond acceptors (Lipinski definition) is 6. The predicted molar refractivity (Wildman–Crippen MR) is 110 cm³/mol. The summed E-state index contributed by atoms with van der Waals surface area (Å²) in [5.74, 6) is 1.89. The third-order valence-corrected chi connectivity index (χ3v) is 6.67. The van der Waals surface area contributed by atoms with E-state index >= 15 is 0 Å². The number of benzene rings is 1. The molecule has 1 aromatic carbocycles. The van der Waals surface area contributed by atoms with Crippen molar-refractivity contribution in [2.24, 2.45) is 0 Å². The molecule has 5 rings (SSSR count). The number of nitrogens with one attached hydrogen (secondary N) is 2. The van der Waals surface area contributed by atoms with E-state index in [1.165, 1.54) is 10.4 Å². The van der Waals surface area contributed by atoms with E-state index in [0.29, 0.717) is 18.0 Å². The fourth-order valence-electron chi connectivity index (χ4n) is 3.98. The maximum atomic E-state index is 12.5. The lowest BCUT2D eigenvalue weighted by molar-refractivity contribution is -0.121. The zero-order valence-corrected chi connectivity index (χ0v) is 16.9. The van der Waals surface area contributed by atoms with Gasteiger partial charge in [-0.15, -0.1) is 11.3 Å². The van der Waals surface area contributed by atoms with Gasteiger partial charge in [-0.1, -0.05) is 6.07 Å². The van der Waals surface area contributed by atoms with Gasteiger partial charge in [0.05, 0.1) is 11.4 Å². The number of carbonyl (C=O) groups is 1. The van der Waals surface area contributed by atoms with Gasteiger partial charge in [0.25, 0.3) is 5.56 Å². The molecule has 1 amide bonds. The Bertz CT molecular complexity index is 1170. The van der Waals surface area contributed by atoms with Crippen molar-refractivity contribution in [2.45, 2.75) is 45.1 Å². The molecule has 0 bridgehead atoms. The van der Waals surface area contributed by atoms with Gasteiger partial charge in [-0.2, -0.15) is 0 Å². The lowest BCUT2D eigenvalue weighted by atomic mass is 10.1.